The minimum atomic E-state index is -0.167. The Kier molecular flexibility index (Phi) is 7.94. The summed E-state index contributed by atoms with van der Waals surface area (Å²) in [6, 6.07) is 13.1. The predicted molar refractivity (Wildman–Crippen MR) is 124 cm³/mol. The molecule has 3 rings (SSSR count). The number of nitrogens with zero attached hydrogens (tertiary/aromatic N) is 1. The first-order valence-electron chi connectivity index (χ1n) is 9.92. The van der Waals surface area contributed by atoms with Crippen molar-refractivity contribution in [2.24, 2.45) is 5.92 Å². The Morgan fingerprint density at radius 3 is 2.60 bits per heavy atom. The lowest BCUT2D eigenvalue weighted by molar-refractivity contribution is -0.130. The van der Waals surface area contributed by atoms with Crippen molar-refractivity contribution >= 4 is 51.1 Å². The second-order valence-corrected chi connectivity index (χ2v) is 8.32. The van der Waals surface area contributed by atoms with Crippen molar-refractivity contribution < 1.29 is 14.3 Å². The van der Waals surface area contributed by atoms with Crippen LogP contribution in [0.1, 0.15) is 25.3 Å². The average Bonchev–Trinajstić information content (AvgIpc) is 2.75. The Hall–Kier alpha value is -2.31. The quantitative estimate of drug-likeness (QED) is 0.551. The lowest BCUT2D eigenvalue weighted by Crippen LogP contribution is -2.40. The average molecular weight is 492 g/mol. The molecule has 0 aliphatic carbocycles. The van der Waals surface area contributed by atoms with Crippen LogP contribution in [0.2, 0.25) is 5.02 Å². The number of benzene rings is 2. The zero-order valence-corrected chi connectivity index (χ0v) is 19.1. The van der Waals surface area contributed by atoms with Crippen LogP contribution in [0.25, 0.3) is 6.08 Å². The van der Waals surface area contributed by atoms with Crippen molar-refractivity contribution in [3.05, 3.63) is 63.6 Å². The minimum absolute atomic E-state index is 0.0323. The zero-order valence-electron chi connectivity index (χ0n) is 16.7. The summed E-state index contributed by atoms with van der Waals surface area (Å²) in [7, 11) is 0. The largest absolute Gasteiger partial charge is 0.491 e. The van der Waals surface area contributed by atoms with Gasteiger partial charge in [-0.1, -0.05) is 41.9 Å². The van der Waals surface area contributed by atoms with Gasteiger partial charge in [-0.15, -0.1) is 0 Å². The first kappa shape index (κ1) is 22.4. The first-order chi connectivity index (χ1) is 14.5. The maximum atomic E-state index is 12.8. The van der Waals surface area contributed by atoms with Crippen molar-refractivity contribution in [2.45, 2.75) is 19.8 Å². The summed E-state index contributed by atoms with van der Waals surface area (Å²) in [4.78, 5) is 27.0. The molecular formula is C23H24BrClN2O3. The lowest BCUT2D eigenvalue weighted by Gasteiger charge is -2.30. The molecule has 5 nitrogen and oxygen atoms in total. The summed E-state index contributed by atoms with van der Waals surface area (Å²) in [5.41, 5.74) is 1.53. The van der Waals surface area contributed by atoms with Gasteiger partial charge in [0.05, 0.1) is 16.8 Å². The van der Waals surface area contributed by atoms with Crippen molar-refractivity contribution in [1.82, 2.24) is 4.90 Å². The first-order valence-corrected chi connectivity index (χ1v) is 11.1. The van der Waals surface area contributed by atoms with Crippen LogP contribution >= 0.6 is 27.5 Å². The van der Waals surface area contributed by atoms with E-state index in [1.807, 2.05) is 43.3 Å². The van der Waals surface area contributed by atoms with E-state index in [1.54, 1.807) is 23.1 Å². The van der Waals surface area contributed by atoms with E-state index < -0.39 is 0 Å². The van der Waals surface area contributed by atoms with Gasteiger partial charge in [-0.25, -0.2) is 0 Å². The summed E-state index contributed by atoms with van der Waals surface area (Å²) >= 11 is 9.56. The second kappa shape index (κ2) is 10.6. The van der Waals surface area contributed by atoms with E-state index in [-0.39, 0.29) is 17.7 Å². The predicted octanol–water partition coefficient (Wildman–Crippen LogP) is 5.39. The van der Waals surface area contributed by atoms with E-state index in [1.165, 1.54) is 0 Å². The van der Waals surface area contributed by atoms with Gasteiger partial charge in [0, 0.05) is 30.1 Å². The Morgan fingerprint density at radius 1 is 1.23 bits per heavy atom. The maximum absolute atomic E-state index is 12.8. The van der Waals surface area contributed by atoms with Crippen LogP contribution in [0.5, 0.6) is 5.75 Å². The van der Waals surface area contributed by atoms with Crippen molar-refractivity contribution in [1.29, 1.82) is 0 Å². The van der Waals surface area contributed by atoms with Crippen molar-refractivity contribution in [2.75, 3.05) is 25.0 Å². The van der Waals surface area contributed by atoms with E-state index in [2.05, 4.69) is 21.2 Å². The van der Waals surface area contributed by atoms with E-state index in [9.17, 15) is 9.59 Å². The van der Waals surface area contributed by atoms with Crippen LogP contribution in [0.3, 0.4) is 0 Å². The van der Waals surface area contributed by atoms with Gasteiger partial charge in [-0.3, -0.25) is 9.59 Å². The van der Waals surface area contributed by atoms with Crippen LogP contribution < -0.4 is 10.1 Å². The third-order valence-corrected chi connectivity index (χ3v) is 5.76. The maximum Gasteiger partial charge on any atom is 0.246 e. The number of nitrogens with one attached hydrogen (secondary N) is 1. The number of piperidine rings is 1. The van der Waals surface area contributed by atoms with Gasteiger partial charge in [0.25, 0.3) is 0 Å². The Bertz CT molecular complexity index is 926. The van der Waals surface area contributed by atoms with Gasteiger partial charge in [0.15, 0.2) is 5.75 Å². The molecule has 1 aliphatic rings. The molecule has 0 atom stereocenters. The number of rotatable bonds is 6. The molecule has 0 radical (unpaired) electrons. The lowest BCUT2D eigenvalue weighted by atomic mass is 9.95. The normalized spacial score (nSPS) is 14.7. The van der Waals surface area contributed by atoms with Gasteiger partial charge in [0.1, 0.15) is 0 Å². The molecule has 2 aromatic rings. The summed E-state index contributed by atoms with van der Waals surface area (Å²) in [6.07, 6.45) is 4.63. The fourth-order valence-electron chi connectivity index (χ4n) is 3.38. The molecule has 0 unspecified atom stereocenters. The number of hydrogen-bond acceptors (Lipinski definition) is 3. The van der Waals surface area contributed by atoms with Gasteiger partial charge in [-0.2, -0.15) is 0 Å². The molecule has 0 bridgehead atoms. The fraction of sp³-hybridized carbons (Fsp3) is 0.304. The molecule has 1 fully saturated rings. The van der Waals surface area contributed by atoms with Gasteiger partial charge >= 0.3 is 0 Å². The van der Waals surface area contributed by atoms with E-state index in [0.29, 0.717) is 53.5 Å². The third kappa shape index (κ3) is 5.86. The highest BCUT2D eigenvalue weighted by Gasteiger charge is 2.27. The highest BCUT2D eigenvalue weighted by atomic mass is 79.9. The highest BCUT2D eigenvalue weighted by Crippen LogP contribution is 2.37. The van der Waals surface area contributed by atoms with Gasteiger partial charge < -0.3 is 15.0 Å². The monoisotopic (exact) mass is 490 g/mol. The highest BCUT2D eigenvalue weighted by molar-refractivity contribution is 9.10. The number of likely N-dealkylation sites (tertiary alicyclic amines) is 1. The molecule has 7 heteroatoms. The molecule has 1 N–H and O–H groups in total. The van der Waals surface area contributed by atoms with Crippen LogP contribution in [0, 0.1) is 5.92 Å². The van der Waals surface area contributed by atoms with Crippen molar-refractivity contribution in [3.63, 3.8) is 0 Å². The molecule has 1 aliphatic heterocycles. The number of carbonyl (C=O) groups is 2. The van der Waals surface area contributed by atoms with Crippen LogP contribution in [-0.4, -0.2) is 36.4 Å². The number of halogens is 2. The van der Waals surface area contributed by atoms with Gasteiger partial charge in [-0.05, 0) is 59.5 Å². The number of carbonyl (C=O) groups excluding carboxylic acids is 2. The fourth-order valence-corrected chi connectivity index (χ4v) is 4.30. The van der Waals surface area contributed by atoms with E-state index >= 15 is 0 Å². The zero-order chi connectivity index (χ0) is 21.5. The van der Waals surface area contributed by atoms with Crippen LogP contribution in [0.15, 0.2) is 53.0 Å². The molecular weight excluding hydrogens is 468 g/mol. The molecule has 0 spiro atoms. The standard InChI is InChI=1S/C23H24BrClN2O3/c1-2-30-22-19(24)14-18(25)15-20(22)26-23(29)17-10-12-27(13-11-17)21(28)9-8-16-6-4-3-5-7-16/h3-9,14-15,17H,2,10-13H2,1H3,(H,26,29)/b9-8+. The van der Waals surface area contributed by atoms with E-state index in [4.69, 9.17) is 16.3 Å². The molecule has 158 valence electrons. The summed E-state index contributed by atoms with van der Waals surface area (Å²) < 4.78 is 6.33. The topological polar surface area (TPSA) is 58.6 Å². The van der Waals surface area contributed by atoms with Crippen LogP contribution in [0.4, 0.5) is 5.69 Å². The third-order valence-electron chi connectivity index (χ3n) is 4.95. The number of hydrogen-bond donors (Lipinski definition) is 1. The van der Waals surface area contributed by atoms with E-state index in [0.717, 1.165) is 5.56 Å². The molecule has 2 amide bonds. The van der Waals surface area contributed by atoms with Crippen molar-refractivity contribution in [3.8, 4) is 5.75 Å². The summed E-state index contributed by atoms with van der Waals surface area (Å²) in [6.45, 7) is 3.45. The Morgan fingerprint density at radius 2 is 1.93 bits per heavy atom. The SMILES string of the molecule is CCOc1c(Br)cc(Cl)cc1NC(=O)C1CCN(C(=O)/C=C/c2ccccc2)CC1. The molecule has 30 heavy (non-hydrogen) atoms. The Balaban J connectivity index is 1.57. The molecule has 1 heterocycles. The Labute approximate surface area is 190 Å². The van der Waals surface area contributed by atoms with Crippen LogP contribution in [-0.2, 0) is 9.59 Å². The number of amides is 2. The molecule has 2 aromatic carbocycles. The minimum Gasteiger partial charge on any atom is -0.491 e. The number of anilines is 1. The summed E-state index contributed by atoms with van der Waals surface area (Å²) in [5, 5.41) is 3.45. The smallest absolute Gasteiger partial charge is 0.246 e. The molecule has 1 saturated heterocycles. The van der Waals surface area contributed by atoms with Gasteiger partial charge in [0.2, 0.25) is 11.8 Å². The molecule has 0 aromatic heterocycles. The summed E-state index contributed by atoms with van der Waals surface area (Å²) in [5.74, 6) is 0.278. The number of ether oxygens (including phenoxy) is 1. The molecule has 0 saturated carbocycles. The second-order valence-electron chi connectivity index (χ2n) is 7.03.